The Kier molecular flexibility index (Phi) is 5.54. The summed E-state index contributed by atoms with van der Waals surface area (Å²) in [5.41, 5.74) is 3.36. The summed E-state index contributed by atoms with van der Waals surface area (Å²) in [6.45, 7) is 4.44. The van der Waals surface area contributed by atoms with Crippen molar-refractivity contribution in [2.24, 2.45) is 0 Å². The average molecular weight is 317 g/mol. The van der Waals surface area contributed by atoms with Crippen LogP contribution in [-0.2, 0) is 22.7 Å². The molecule has 0 aliphatic heterocycles. The smallest absolute Gasteiger partial charge is 0.328 e. The highest BCUT2D eigenvalue weighted by molar-refractivity contribution is 5.85. The maximum atomic E-state index is 10.6. The number of aromatic nitrogens is 1. The van der Waals surface area contributed by atoms with E-state index in [9.17, 15) is 4.79 Å². The van der Waals surface area contributed by atoms with E-state index in [2.05, 4.69) is 5.16 Å². The number of carboxylic acids is 1. The number of nitrogens with zero attached hydrogens (tertiary/aromatic N) is 1. The van der Waals surface area contributed by atoms with Gasteiger partial charge >= 0.3 is 5.97 Å². The second kappa shape index (κ2) is 7.60. The monoisotopic (exact) mass is 317 g/mol. The number of hydrogen-bond donors (Lipinski definition) is 1. The van der Waals surface area contributed by atoms with Gasteiger partial charge in [-0.3, -0.25) is 0 Å². The molecule has 0 bridgehead atoms. The highest BCUT2D eigenvalue weighted by Crippen LogP contribution is 2.22. The average Bonchev–Trinajstić information content (AvgIpc) is 2.85. The molecular formula is C17H19NO5. The van der Waals surface area contributed by atoms with Crippen LogP contribution < -0.4 is 4.74 Å². The number of benzene rings is 1. The summed E-state index contributed by atoms with van der Waals surface area (Å²) in [6, 6.07) is 5.41. The number of rotatable bonds is 7. The maximum absolute atomic E-state index is 10.6. The number of carbonyl (C=O) groups is 1. The van der Waals surface area contributed by atoms with Crippen molar-refractivity contribution in [2.75, 3.05) is 7.11 Å². The molecule has 0 fully saturated rings. The van der Waals surface area contributed by atoms with Crippen molar-refractivity contribution in [3.63, 3.8) is 0 Å². The maximum Gasteiger partial charge on any atom is 0.328 e. The van der Waals surface area contributed by atoms with Gasteiger partial charge in [0.2, 0.25) is 0 Å². The molecule has 0 radical (unpaired) electrons. The van der Waals surface area contributed by atoms with Gasteiger partial charge in [-0.2, -0.15) is 0 Å². The minimum absolute atomic E-state index is 0.335. The fourth-order valence-electron chi connectivity index (χ4n) is 2.15. The molecule has 1 aromatic heterocycles. The molecule has 0 amide bonds. The van der Waals surface area contributed by atoms with Crippen LogP contribution in [0.5, 0.6) is 5.75 Å². The van der Waals surface area contributed by atoms with Crippen LogP contribution >= 0.6 is 0 Å². The normalized spacial score (nSPS) is 11.1. The lowest BCUT2D eigenvalue weighted by Gasteiger charge is -2.10. The molecule has 0 unspecified atom stereocenters. The molecule has 122 valence electrons. The van der Waals surface area contributed by atoms with Crippen LogP contribution in [-0.4, -0.2) is 23.3 Å². The highest BCUT2D eigenvalue weighted by atomic mass is 16.5. The molecule has 1 N–H and O–H groups in total. The lowest BCUT2D eigenvalue weighted by molar-refractivity contribution is -0.131. The quantitative estimate of drug-likeness (QED) is 0.790. The Morgan fingerprint density at radius 3 is 2.74 bits per heavy atom. The van der Waals surface area contributed by atoms with Gasteiger partial charge < -0.3 is 19.1 Å². The number of hydrogen-bond acceptors (Lipinski definition) is 5. The third-order valence-corrected chi connectivity index (χ3v) is 3.41. The molecule has 23 heavy (non-hydrogen) atoms. The van der Waals surface area contributed by atoms with Gasteiger partial charge in [0.1, 0.15) is 11.5 Å². The molecule has 2 rings (SSSR count). The Labute approximate surface area is 134 Å². The number of methoxy groups -OCH3 is 1. The topological polar surface area (TPSA) is 81.8 Å². The van der Waals surface area contributed by atoms with Gasteiger partial charge in [0.05, 0.1) is 26.0 Å². The predicted octanol–water partition coefficient (Wildman–Crippen LogP) is 3.11. The zero-order valence-electron chi connectivity index (χ0n) is 13.3. The fraction of sp³-hybridized carbons (Fsp3) is 0.294. The van der Waals surface area contributed by atoms with E-state index in [-0.39, 0.29) is 0 Å². The van der Waals surface area contributed by atoms with Crippen molar-refractivity contribution in [3.8, 4) is 5.75 Å². The third-order valence-electron chi connectivity index (χ3n) is 3.41. The van der Waals surface area contributed by atoms with Crippen LogP contribution in [0.3, 0.4) is 0 Å². The van der Waals surface area contributed by atoms with E-state index in [1.807, 2.05) is 19.9 Å². The van der Waals surface area contributed by atoms with Gasteiger partial charge in [-0.05, 0) is 37.6 Å². The van der Waals surface area contributed by atoms with Crippen LogP contribution in [0.15, 0.2) is 28.8 Å². The van der Waals surface area contributed by atoms with Crippen molar-refractivity contribution in [1.82, 2.24) is 5.16 Å². The largest absolute Gasteiger partial charge is 0.496 e. The number of carboxylic acid groups (broad SMARTS) is 1. The molecule has 1 heterocycles. The summed E-state index contributed by atoms with van der Waals surface area (Å²) in [5.74, 6) is 0.445. The number of ether oxygens (including phenoxy) is 2. The molecule has 2 aromatic rings. The Bertz CT molecular complexity index is 698. The Morgan fingerprint density at radius 1 is 1.35 bits per heavy atom. The predicted molar refractivity (Wildman–Crippen MR) is 84.1 cm³/mol. The number of aryl methyl sites for hydroxylation is 2. The first kappa shape index (κ1) is 16.8. The molecule has 6 heteroatoms. The molecule has 0 spiro atoms. The second-order valence-electron chi connectivity index (χ2n) is 5.04. The first-order chi connectivity index (χ1) is 11.0. The minimum atomic E-state index is -0.989. The standard InChI is InChI=1S/C17H19NO5/c1-11-15(12(2)23-18-11)10-22-9-14-8-13(5-7-17(19)20)4-6-16(14)21-3/h4-8H,9-10H2,1-3H3,(H,19,20)/b7-5+. The Morgan fingerprint density at radius 2 is 2.13 bits per heavy atom. The van der Waals surface area contributed by atoms with Gasteiger partial charge in [0.25, 0.3) is 0 Å². The molecule has 6 nitrogen and oxygen atoms in total. The summed E-state index contributed by atoms with van der Waals surface area (Å²) in [4.78, 5) is 10.6. The van der Waals surface area contributed by atoms with E-state index >= 15 is 0 Å². The van der Waals surface area contributed by atoms with Crippen molar-refractivity contribution < 1.29 is 23.9 Å². The van der Waals surface area contributed by atoms with Crippen LogP contribution in [0.1, 0.15) is 28.1 Å². The van der Waals surface area contributed by atoms with Gasteiger partial charge in [0, 0.05) is 17.2 Å². The van der Waals surface area contributed by atoms with Gasteiger partial charge in [-0.25, -0.2) is 4.79 Å². The molecule has 0 saturated carbocycles. The first-order valence-corrected chi connectivity index (χ1v) is 7.08. The third kappa shape index (κ3) is 4.43. The molecule has 0 saturated heterocycles. The van der Waals surface area contributed by atoms with E-state index in [0.29, 0.717) is 19.0 Å². The van der Waals surface area contributed by atoms with E-state index < -0.39 is 5.97 Å². The van der Waals surface area contributed by atoms with E-state index in [1.54, 1.807) is 19.2 Å². The fourth-order valence-corrected chi connectivity index (χ4v) is 2.15. The summed E-state index contributed by atoms with van der Waals surface area (Å²) in [6.07, 6.45) is 2.62. The summed E-state index contributed by atoms with van der Waals surface area (Å²) >= 11 is 0. The molecule has 0 aliphatic carbocycles. The van der Waals surface area contributed by atoms with Crippen LogP contribution in [0.4, 0.5) is 0 Å². The summed E-state index contributed by atoms with van der Waals surface area (Å²) in [7, 11) is 1.58. The molecule has 0 atom stereocenters. The van der Waals surface area contributed by atoms with Crippen LogP contribution in [0.25, 0.3) is 6.08 Å². The number of aliphatic carboxylic acids is 1. The van der Waals surface area contributed by atoms with Crippen molar-refractivity contribution in [3.05, 3.63) is 52.4 Å². The first-order valence-electron chi connectivity index (χ1n) is 7.08. The summed E-state index contributed by atoms with van der Waals surface area (Å²) in [5, 5.41) is 12.6. The minimum Gasteiger partial charge on any atom is -0.496 e. The Hall–Kier alpha value is -2.60. The van der Waals surface area contributed by atoms with Gasteiger partial charge in [-0.1, -0.05) is 11.2 Å². The lowest BCUT2D eigenvalue weighted by Crippen LogP contribution is -1.99. The van der Waals surface area contributed by atoms with Crippen LogP contribution in [0, 0.1) is 13.8 Å². The lowest BCUT2D eigenvalue weighted by atomic mass is 10.1. The molecule has 1 aromatic carbocycles. The van der Waals surface area contributed by atoms with E-state index in [4.69, 9.17) is 19.1 Å². The molecule has 0 aliphatic rings. The van der Waals surface area contributed by atoms with Crippen molar-refractivity contribution in [2.45, 2.75) is 27.1 Å². The second-order valence-corrected chi connectivity index (χ2v) is 5.04. The molecular weight excluding hydrogens is 298 g/mol. The Balaban J connectivity index is 2.08. The van der Waals surface area contributed by atoms with Crippen molar-refractivity contribution >= 4 is 12.0 Å². The van der Waals surface area contributed by atoms with Crippen molar-refractivity contribution in [1.29, 1.82) is 0 Å². The van der Waals surface area contributed by atoms with Gasteiger partial charge in [0.15, 0.2) is 0 Å². The van der Waals surface area contributed by atoms with E-state index in [0.717, 1.165) is 34.2 Å². The zero-order valence-corrected chi connectivity index (χ0v) is 13.3. The van der Waals surface area contributed by atoms with Crippen LogP contribution in [0.2, 0.25) is 0 Å². The van der Waals surface area contributed by atoms with E-state index in [1.165, 1.54) is 6.08 Å². The highest BCUT2D eigenvalue weighted by Gasteiger charge is 2.10. The zero-order chi connectivity index (χ0) is 16.8. The SMILES string of the molecule is COc1ccc(/C=C/C(=O)O)cc1COCc1c(C)noc1C. The summed E-state index contributed by atoms with van der Waals surface area (Å²) < 4.78 is 16.1. The van der Waals surface area contributed by atoms with Gasteiger partial charge in [-0.15, -0.1) is 0 Å².